The molecule has 0 bridgehead atoms. The van der Waals surface area contributed by atoms with E-state index in [-0.39, 0.29) is 13.2 Å². The van der Waals surface area contributed by atoms with Gasteiger partial charge in [0.1, 0.15) is 0 Å². The van der Waals surface area contributed by atoms with Gasteiger partial charge in [0, 0.05) is 6.54 Å². The number of hydrogen-bond acceptors (Lipinski definition) is 4. The summed E-state index contributed by atoms with van der Waals surface area (Å²) in [6, 6.07) is 9.28. The van der Waals surface area contributed by atoms with Crippen molar-refractivity contribution in [3.05, 3.63) is 35.9 Å². The Kier molecular flexibility index (Phi) is 6.35. The monoisotopic (exact) mass is 252 g/mol. The number of nitrogens with one attached hydrogen (secondary N) is 1. The van der Waals surface area contributed by atoms with E-state index in [2.05, 4.69) is 5.32 Å². The second kappa shape index (κ2) is 7.81. The first-order valence-corrected chi connectivity index (χ1v) is 5.92. The Morgan fingerprint density at radius 3 is 2.72 bits per heavy atom. The quantitative estimate of drug-likeness (QED) is 0.609. The normalized spacial score (nSPS) is 14.1. The zero-order valence-electron chi connectivity index (χ0n) is 10.5. The van der Waals surface area contributed by atoms with Gasteiger partial charge in [0.15, 0.2) is 0 Å². The molecule has 1 aromatic carbocycles. The molecule has 0 spiro atoms. The van der Waals surface area contributed by atoms with Crippen molar-refractivity contribution in [2.45, 2.75) is 25.7 Å². The number of hydrogen-bond donors (Lipinski definition) is 3. The van der Waals surface area contributed by atoms with E-state index in [0.717, 1.165) is 5.56 Å². The number of primary amides is 1. The lowest BCUT2D eigenvalue weighted by molar-refractivity contribution is -0.119. The zero-order chi connectivity index (χ0) is 13.4. The summed E-state index contributed by atoms with van der Waals surface area (Å²) in [6.07, 6.45) is -0.657. The van der Waals surface area contributed by atoms with E-state index in [1.54, 1.807) is 6.92 Å². The van der Waals surface area contributed by atoms with Crippen LogP contribution in [-0.4, -0.2) is 36.3 Å². The molecule has 18 heavy (non-hydrogen) atoms. The Morgan fingerprint density at radius 2 is 2.11 bits per heavy atom. The fourth-order valence-electron chi connectivity index (χ4n) is 1.36. The van der Waals surface area contributed by atoms with Gasteiger partial charge in [-0.15, -0.1) is 0 Å². The Bertz CT molecular complexity index is 357. The smallest absolute Gasteiger partial charge is 0.234 e. The molecule has 0 saturated carbocycles. The summed E-state index contributed by atoms with van der Waals surface area (Å²) in [5.74, 6) is -0.438. The summed E-state index contributed by atoms with van der Waals surface area (Å²) in [4.78, 5) is 10.8. The third kappa shape index (κ3) is 5.77. The van der Waals surface area contributed by atoms with Gasteiger partial charge >= 0.3 is 0 Å². The molecule has 2 atom stereocenters. The topological polar surface area (TPSA) is 84.6 Å². The highest BCUT2D eigenvalue weighted by atomic mass is 16.5. The van der Waals surface area contributed by atoms with E-state index in [0.29, 0.717) is 6.61 Å². The van der Waals surface area contributed by atoms with Gasteiger partial charge in [-0.05, 0) is 12.5 Å². The van der Waals surface area contributed by atoms with E-state index in [1.165, 1.54) is 0 Å². The Morgan fingerprint density at radius 1 is 1.44 bits per heavy atom. The molecule has 2 unspecified atom stereocenters. The van der Waals surface area contributed by atoms with E-state index in [1.807, 2.05) is 30.3 Å². The average molecular weight is 252 g/mol. The van der Waals surface area contributed by atoms with Crippen molar-refractivity contribution in [3.8, 4) is 0 Å². The summed E-state index contributed by atoms with van der Waals surface area (Å²) in [6.45, 7) is 2.61. The maximum Gasteiger partial charge on any atom is 0.234 e. The highest BCUT2D eigenvalue weighted by Crippen LogP contribution is 2.00. The van der Waals surface area contributed by atoms with Crippen molar-refractivity contribution in [1.82, 2.24) is 5.32 Å². The van der Waals surface area contributed by atoms with Crippen LogP contribution in [0, 0.1) is 0 Å². The van der Waals surface area contributed by atoms with Gasteiger partial charge in [0.2, 0.25) is 5.91 Å². The SMILES string of the molecule is CC(NCC(O)COCc1ccccc1)C(N)=O. The first-order chi connectivity index (χ1) is 8.59. The summed E-state index contributed by atoms with van der Waals surface area (Å²) in [5, 5.41) is 12.4. The molecule has 0 saturated heterocycles. The molecule has 5 heteroatoms. The lowest BCUT2D eigenvalue weighted by Gasteiger charge is -2.15. The van der Waals surface area contributed by atoms with E-state index in [4.69, 9.17) is 10.5 Å². The zero-order valence-corrected chi connectivity index (χ0v) is 10.5. The predicted molar refractivity (Wildman–Crippen MR) is 68.8 cm³/mol. The number of aliphatic hydroxyl groups excluding tert-OH is 1. The first kappa shape index (κ1) is 14.6. The van der Waals surface area contributed by atoms with E-state index >= 15 is 0 Å². The van der Waals surface area contributed by atoms with Crippen molar-refractivity contribution in [2.75, 3.05) is 13.2 Å². The number of carbonyl (C=O) groups is 1. The van der Waals surface area contributed by atoms with Crippen LogP contribution in [0.1, 0.15) is 12.5 Å². The number of aliphatic hydroxyl groups is 1. The second-order valence-electron chi connectivity index (χ2n) is 4.19. The summed E-state index contributed by atoms with van der Waals surface area (Å²) < 4.78 is 5.37. The fraction of sp³-hybridized carbons (Fsp3) is 0.462. The van der Waals surface area contributed by atoms with Crippen LogP contribution in [0.3, 0.4) is 0 Å². The largest absolute Gasteiger partial charge is 0.389 e. The number of nitrogens with two attached hydrogens (primary N) is 1. The van der Waals surface area contributed by atoms with Crippen molar-refractivity contribution in [1.29, 1.82) is 0 Å². The third-order valence-corrected chi connectivity index (χ3v) is 2.51. The van der Waals surface area contributed by atoms with Gasteiger partial charge in [-0.3, -0.25) is 4.79 Å². The van der Waals surface area contributed by atoms with Crippen LogP contribution in [0.15, 0.2) is 30.3 Å². The predicted octanol–water partition coefficient (Wildman–Crippen LogP) is 0.0275. The minimum atomic E-state index is -0.657. The summed E-state index contributed by atoms with van der Waals surface area (Å²) in [5.41, 5.74) is 6.14. The van der Waals surface area contributed by atoms with Gasteiger partial charge < -0.3 is 20.9 Å². The number of benzene rings is 1. The molecule has 0 aliphatic carbocycles. The Balaban J connectivity index is 2.14. The van der Waals surface area contributed by atoms with Gasteiger partial charge in [0.25, 0.3) is 0 Å². The standard InChI is InChI=1S/C13H20N2O3/c1-10(13(14)17)15-7-12(16)9-18-8-11-5-3-2-4-6-11/h2-6,10,12,15-16H,7-9H2,1H3,(H2,14,17). The molecule has 1 amide bonds. The maximum absolute atomic E-state index is 10.8. The van der Waals surface area contributed by atoms with Crippen molar-refractivity contribution >= 4 is 5.91 Å². The van der Waals surface area contributed by atoms with Crippen LogP contribution in [0.2, 0.25) is 0 Å². The Labute approximate surface area is 107 Å². The van der Waals surface area contributed by atoms with E-state index < -0.39 is 18.1 Å². The van der Waals surface area contributed by atoms with Gasteiger partial charge in [0.05, 0.1) is 25.4 Å². The van der Waals surface area contributed by atoms with Gasteiger partial charge in [-0.1, -0.05) is 30.3 Å². The maximum atomic E-state index is 10.8. The van der Waals surface area contributed by atoms with Crippen LogP contribution in [0.25, 0.3) is 0 Å². The lowest BCUT2D eigenvalue weighted by Crippen LogP contribution is -2.43. The van der Waals surface area contributed by atoms with Gasteiger partial charge in [-0.25, -0.2) is 0 Å². The van der Waals surface area contributed by atoms with Crippen LogP contribution in [0.4, 0.5) is 0 Å². The van der Waals surface area contributed by atoms with Crippen molar-refractivity contribution in [2.24, 2.45) is 5.73 Å². The second-order valence-corrected chi connectivity index (χ2v) is 4.19. The molecule has 0 aromatic heterocycles. The van der Waals surface area contributed by atoms with Crippen LogP contribution >= 0.6 is 0 Å². The molecule has 5 nitrogen and oxygen atoms in total. The molecule has 0 fully saturated rings. The van der Waals surface area contributed by atoms with Crippen molar-refractivity contribution in [3.63, 3.8) is 0 Å². The third-order valence-electron chi connectivity index (χ3n) is 2.51. The first-order valence-electron chi connectivity index (χ1n) is 5.92. The lowest BCUT2D eigenvalue weighted by atomic mass is 10.2. The van der Waals surface area contributed by atoms with Crippen molar-refractivity contribution < 1.29 is 14.6 Å². The Hall–Kier alpha value is -1.43. The van der Waals surface area contributed by atoms with Crippen LogP contribution in [-0.2, 0) is 16.1 Å². The molecular weight excluding hydrogens is 232 g/mol. The molecule has 1 aromatic rings. The number of ether oxygens (including phenoxy) is 1. The highest BCUT2D eigenvalue weighted by Gasteiger charge is 2.10. The number of amides is 1. The average Bonchev–Trinajstić information content (AvgIpc) is 2.37. The van der Waals surface area contributed by atoms with Crippen LogP contribution in [0.5, 0.6) is 0 Å². The van der Waals surface area contributed by atoms with Gasteiger partial charge in [-0.2, -0.15) is 0 Å². The molecular formula is C13H20N2O3. The molecule has 0 aliphatic heterocycles. The molecule has 0 aliphatic rings. The molecule has 0 heterocycles. The number of carbonyl (C=O) groups excluding carboxylic acids is 1. The minimum absolute atomic E-state index is 0.216. The summed E-state index contributed by atoms with van der Waals surface area (Å²) >= 11 is 0. The summed E-state index contributed by atoms with van der Waals surface area (Å²) in [7, 11) is 0. The fourth-order valence-corrected chi connectivity index (χ4v) is 1.36. The molecule has 4 N–H and O–H groups in total. The molecule has 100 valence electrons. The highest BCUT2D eigenvalue weighted by molar-refractivity contribution is 5.79. The molecule has 1 rings (SSSR count). The van der Waals surface area contributed by atoms with E-state index in [9.17, 15) is 9.90 Å². The molecule has 0 radical (unpaired) electrons. The van der Waals surface area contributed by atoms with Crippen LogP contribution < -0.4 is 11.1 Å². The number of rotatable bonds is 8. The minimum Gasteiger partial charge on any atom is -0.389 e.